The molecule has 2 aliphatic rings. The number of aromatic amines is 1. The third-order valence-corrected chi connectivity index (χ3v) is 7.08. The minimum Gasteiger partial charge on any atom is -0.338 e. The van der Waals surface area contributed by atoms with Gasteiger partial charge in [0.1, 0.15) is 5.82 Å². The van der Waals surface area contributed by atoms with E-state index in [9.17, 15) is 9.59 Å². The van der Waals surface area contributed by atoms with Crippen LogP contribution in [0.5, 0.6) is 0 Å². The fourth-order valence-corrected chi connectivity index (χ4v) is 5.22. The molecule has 0 saturated heterocycles. The van der Waals surface area contributed by atoms with Gasteiger partial charge in [-0.1, -0.05) is 50.7 Å². The maximum absolute atomic E-state index is 12.9. The van der Waals surface area contributed by atoms with Gasteiger partial charge in [0, 0.05) is 28.8 Å². The smallest absolute Gasteiger partial charge is 0.227 e. The molecule has 0 bridgehead atoms. The quantitative estimate of drug-likeness (QED) is 0.433. The van der Waals surface area contributed by atoms with Crippen molar-refractivity contribution in [1.82, 2.24) is 9.97 Å². The standard InChI is InChI=1S/C27H32N4O2/c32-26(18-9-3-1-4-10-18)28-21-15-20(25-30-23-13-7-8-14-24(23)31-25)16-22(17-21)29-27(33)19-11-5-2-6-12-19/h7-8,13-19H,1-6,9-12H2,(H,28,32)(H,29,33)(H,30,31). The number of carbonyl (C=O) groups excluding carboxylic acids is 2. The van der Waals surface area contributed by atoms with Crippen LogP contribution < -0.4 is 10.6 Å². The predicted molar refractivity (Wildman–Crippen MR) is 132 cm³/mol. The average Bonchev–Trinajstić information content (AvgIpc) is 3.29. The van der Waals surface area contributed by atoms with Crippen molar-refractivity contribution in [1.29, 1.82) is 0 Å². The van der Waals surface area contributed by atoms with Gasteiger partial charge in [0.05, 0.1) is 11.0 Å². The summed E-state index contributed by atoms with van der Waals surface area (Å²) in [5.41, 5.74) is 4.07. The van der Waals surface area contributed by atoms with Crippen LogP contribution in [-0.2, 0) is 9.59 Å². The lowest BCUT2D eigenvalue weighted by molar-refractivity contribution is -0.121. The van der Waals surface area contributed by atoms with E-state index in [2.05, 4.69) is 15.6 Å². The molecule has 0 aliphatic heterocycles. The van der Waals surface area contributed by atoms with Gasteiger partial charge in [-0.3, -0.25) is 9.59 Å². The van der Waals surface area contributed by atoms with E-state index in [0.29, 0.717) is 11.4 Å². The van der Waals surface area contributed by atoms with E-state index in [-0.39, 0.29) is 23.7 Å². The summed E-state index contributed by atoms with van der Waals surface area (Å²) in [4.78, 5) is 33.9. The second-order valence-corrected chi connectivity index (χ2v) is 9.55. The van der Waals surface area contributed by atoms with E-state index in [1.165, 1.54) is 12.8 Å². The zero-order chi connectivity index (χ0) is 22.6. The Morgan fingerprint density at radius 1 is 0.758 bits per heavy atom. The number of carbonyl (C=O) groups is 2. The normalized spacial score (nSPS) is 17.7. The molecule has 0 unspecified atom stereocenters. The highest BCUT2D eigenvalue weighted by Crippen LogP contribution is 2.31. The minimum atomic E-state index is 0.0638. The van der Waals surface area contributed by atoms with Crippen LogP contribution >= 0.6 is 0 Å². The largest absolute Gasteiger partial charge is 0.338 e. The highest BCUT2D eigenvalue weighted by molar-refractivity contribution is 5.97. The first-order valence-corrected chi connectivity index (χ1v) is 12.4. The van der Waals surface area contributed by atoms with Crippen LogP contribution in [0.4, 0.5) is 11.4 Å². The molecule has 2 saturated carbocycles. The van der Waals surface area contributed by atoms with Crippen molar-refractivity contribution in [2.45, 2.75) is 64.2 Å². The molecule has 6 nitrogen and oxygen atoms in total. The third kappa shape index (κ3) is 5.10. The van der Waals surface area contributed by atoms with Crippen molar-refractivity contribution in [3.8, 4) is 11.4 Å². The second kappa shape index (κ2) is 9.77. The molecule has 6 heteroatoms. The number of aromatic nitrogens is 2. The summed E-state index contributed by atoms with van der Waals surface area (Å²) in [5, 5.41) is 6.23. The Kier molecular flexibility index (Phi) is 6.42. The molecular formula is C27H32N4O2. The monoisotopic (exact) mass is 444 g/mol. The summed E-state index contributed by atoms with van der Waals surface area (Å²) in [6.45, 7) is 0. The summed E-state index contributed by atoms with van der Waals surface area (Å²) >= 11 is 0. The minimum absolute atomic E-state index is 0.0638. The van der Waals surface area contributed by atoms with Gasteiger partial charge in [-0.25, -0.2) is 4.98 Å². The predicted octanol–water partition coefficient (Wildman–Crippen LogP) is 6.27. The lowest BCUT2D eigenvalue weighted by atomic mass is 9.88. The fraction of sp³-hybridized carbons (Fsp3) is 0.444. The van der Waals surface area contributed by atoms with Crippen molar-refractivity contribution in [3.63, 3.8) is 0 Å². The lowest BCUT2D eigenvalue weighted by Gasteiger charge is -2.22. The molecule has 2 aromatic carbocycles. The maximum Gasteiger partial charge on any atom is 0.227 e. The molecule has 3 aromatic rings. The van der Waals surface area contributed by atoms with Gasteiger partial charge >= 0.3 is 0 Å². The van der Waals surface area contributed by atoms with Gasteiger partial charge < -0.3 is 15.6 Å². The van der Waals surface area contributed by atoms with E-state index < -0.39 is 0 Å². The Bertz CT molecular complexity index is 1060. The fourth-order valence-electron chi connectivity index (χ4n) is 5.22. The lowest BCUT2D eigenvalue weighted by Crippen LogP contribution is -2.26. The Labute approximate surface area is 194 Å². The first kappa shape index (κ1) is 21.7. The van der Waals surface area contributed by atoms with Crippen LogP contribution in [0, 0.1) is 11.8 Å². The summed E-state index contributed by atoms with van der Waals surface area (Å²) < 4.78 is 0. The zero-order valence-corrected chi connectivity index (χ0v) is 19.0. The first-order valence-electron chi connectivity index (χ1n) is 12.4. The summed E-state index contributed by atoms with van der Waals surface area (Å²) in [6.07, 6.45) is 10.6. The Morgan fingerprint density at radius 2 is 1.30 bits per heavy atom. The number of para-hydroxylation sites is 2. The number of H-pyrrole nitrogens is 1. The molecule has 172 valence electrons. The molecule has 2 aliphatic carbocycles. The SMILES string of the molecule is O=C(Nc1cc(NC(=O)C2CCCCC2)cc(-c2nc3ccccc3[nH]2)c1)C1CCCCC1. The van der Waals surface area contributed by atoms with E-state index in [4.69, 9.17) is 4.98 Å². The number of nitrogens with zero attached hydrogens (tertiary/aromatic N) is 1. The molecule has 0 atom stereocenters. The molecule has 2 amide bonds. The van der Waals surface area contributed by atoms with E-state index in [1.807, 2.05) is 42.5 Å². The number of benzene rings is 2. The number of anilines is 2. The average molecular weight is 445 g/mol. The third-order valence-electron chi connectivity index (χ3n) is 7.08. The number of hydrogen-bond acceptors (Lipinski definition) is 3. The topological polar surface area (TPSA) is 86.9 Å². The highest BCUT2D eigenvalue weighted by Gasteiger charge is 2.23. The number of nitrogens with one attached hydrogen (secondary N) is 3. The highest BCUT2D eigenvalue weighted by atomic mass is 16.2. The number of imidazole rings is 1. The molecule has 1 aromatic heterocycles. The molecular weight excluding hydrogens is 412 g/mol. The van der Waals surface area contributed by atoms with Crippen LogP contribution in [0.15, 0.2) is 42.5 Å². The summed E-state index contributed by atoms with van der Waals surface area (Å²) in [5.74, 6) is 0.989. The van der Waals surface area contributed by atoms with E-state index in [1.54, 1.807) is 0 Å². The van der Waals surface area contributed by atoms with Crippen LogP contribution in [-0.4, -0.2) is 21.8 Å². The molecule has 1 heterocycles. The summed E-state index contributed by atoms with van der Waals surface area (Å²) in [6, 6.07) is 13.6. The molecule has 0 spiro atoms. The molecule has 33 heavy (non-hydrogen) atoms. The van der Waals surface area contributed by atoms with E-state index >= 15 is 0 Å². The van der Waals surface area contributed by atoms with E-state index in [0.717, 1.165) is 73.8 Å². The second-order valence-electron chi connectivity index (χ2n) is 9.55. The van der Waals surface area contributed by atoms with Crippen molar-refractivity contribution in [3.05, 3.63) is 42.5 Å². The van der Waals surface area contributed by atoms with Crippen LogP contribution in [0.3, 0.4) is 0 Å². The van der Waals surface area contributed by atoms with Crippen LogP contribution in [0.25, 0.3) is 22.4 Å². The van der Waals surface area contributed by atoms with Crippen molar-refractivity contribution >= 4 is 34.2 Å². The van der Waals surface area contributed by atoms with Crippen LogP contribution in [0.2, 0.25) is 0 Å². The van der Waals surface area contributed by atoms with Crippen molar-refractivity contribution in [2.24, 2.45) is 11.8 Å². The first-order chi connectivity index (χ1) is 16.2. The zero-order valence-electron chi connectivity index (χ0n) is 19.0. The van der Waals surface area contributed by atoms with Crippen molar-refractivity contribution < 1.29 is 9.59 Å². The Morgan fingerprint density at radius 3 is 1.85 bits per heavy atom. The Balaban J connectivity index is 1.43. The molecule has 3 N–H and O–H groups in total. The van der Waals surface area contributed by atoms with Gasteiger partial charge in [-0.05, 0) is 56.0 Å². The van der Waals surface area contributed by atoms with Gasteiger partial charge in [-0.15, -0.1) is 0 Å². The summed E-state index contributed by atoms with van der Waals surface area (Å²) in [7, 11) is 0. The van der Waals surface area contributed by atoms with Gasteiger partial charge in [0.15, 0.2) is 0 Å². The van der Waals surface area contributed by atoms with Gasteiger partial charge in [0.2, 0.25) is 11.8 Å². The number of amides is 2. The van der Waals surface area contributed by atoms with Gasteiger partial charge in [0.25, 0.3) is 0 Å². The van der Waals surface area contributed by atoms with Gasteiger partial charge in [-0.2, -0.15) is 0 Å². The number of fused-ring (bicyclic) bond motifs is 1. The van der Waals surface area contributed by atoms with Crippen molar-refractivity contribution in [2.75, 3.05) is 10.6 Å². The number of hydrogen-bond donors (Lipinski definition) is 3. The number of rotatable bonds is 5. The van der Waals surface area contributed by atoms with Crippen LogP contribution in [0.1, 0.15) is 64.2 Å². The Hall–Kier alpha value is -3.15. The maximum atomic E-state index is 12.9. The molecule has 2 fully saturated rings. The molecule has 0 radical (unpaired) electrons. The molecule has 5 rings (SSSR count).